The van der Waals surface area contributed by atoms with Crippen LogP contribution in [-0.2, 0) is 4.74 Å². The summed E-state index contributed by atoms with van der Waals surface area (Å²) in [4.78, 5) is 0. The Labute approximate surface area is 101 Å². The van der Waals surface area contributed by atoms with Crippen LogP contribution in [0.3, 0.4) is 0 Å². The van der Waals surface area contributed by atoms with Crippen LogP contribution < -0.4 is 5.32 Å². The first kappa shape index (κ1) is 13.8. The fourth-order valence-corrected chi connectivity index (χ4v) is 1.55. The van der Waals surface area contributed by atoms with Gasteiger partial charge in [0.25, 0.3) is 0 Å². The SMILES string of the molecule is COCC(O)CNC(C)c1cc(O)cc(O)c1. The van der Waals surface area contributed by atoms with E-state index in [1.807, 2.05) is 6.92 Å². The molecule has 0 amide bonds. The largest absolute Gasteiger partial charge is 0.508 e. The summed E-state index contributed by atoms with van der Waals surface area (Å²) in [5, 5.41) is 31.2. The zero-order valence-electron chi connectivity index (χ0n) is 10.1. The lowest BCUT2D eigenvalue weighted by Gasteiger charge is -2.17. The van der Waals surface area contributed by atoms with Crippen molar-refractivity contribution in [1.82, 2.24) is 5.32 Å². The predicted octanol–water partition coefficient (Wildman–Crippen LogP) is 0.756. The molecule has 0 fully saturated rings. The monoisotopic (exact) mass is 241 g/mol. The number of hydrogen-bond acceptors (Lipinski definition) is 5. The molecule has 0 aliphatic rings. The smallest absolute Gasteiger partial charge is 0.119 e. The lowest BCUT2D eigenvalue weighted by molar-refractivity contribution is 0.0630. The molecule has 1 rings (SSSR count). The van der Waals surface area contributed by atoms with Crippen LogP contribution in [0.15, 0.2) is 18.2 Å². The molecule has 1 aromatic rings. The molecular formula is C12H19NO4. The van der Waals surface area contributed by atoms with Crippen molar-refractivity contribution in [3.63, 3.8) is 0 Å². The van der Waals surface area contributed by atoms with E-state index in [0.29, 0.717) is 6.54 Å². The van der Waals surface area contributed by atoms with Gasteiger partial charge in [-0.2, -0.15) is 0 Å². The summed E-state index contributed by atoms with van der Waals surface area (Å²) in [6.45, 7) is 2.53. The van der Waals surface area contributed by atoms with E-state index in [2.05, 4.69) is 5.32 Å². The molecule has 2 atom stereocenters. The van der Waals surface area contributed by atoms with Gasteiger partial charge in [0.15, 0.2) is 0 Å². The topological polar surface area (TPSA) is 82.0 Å². The first-order chi connectivity index (χ1) is 8.02. The summed E-state index contributed by atoms with van der Waals surface area (Å²) in [6.07, 6.45) is -0.576. The van der Waals surface area contributed by atoms with Crippen LogP contribution in [0.2, 0.25) is 0 Å². The molecule has 0 aliphatic carbocycles. The average molecular weight is 241 g/mol. The van der Waals surface area contributed by atoms with Gasteiger partial charge >= 0.3 is 0 Å². The van der Waals surface area contributed by atoms with Gasteiger partial charge in [-0.25, -0.2) is 0 Å². The molecule has 17 heavy (non-hydrogen) atoms. The summed E-state index contributed by atoms with van der Waals surface area (Å²) in [5.74, 6) is 0.0391. The Bertz CT molecular complexity index is 336. The number of hydrogen-bond donors (Lipinski definition) is 4. The summed E-state index contributed by atoms with van der Waals surface area (Å²) in [6, 6.07) is 4.33. The van der Waals surface area contributed by atoms with Crippen molar-refractivity contribution >= 4 is 0 Å². The third kappa shape index (κ3) is 4.60. The Kier molecular flexibility index (Phi) is 5.21. The normalized spacial score (nSPS) is 14.5. The third-order valence-electron chi connectivity index (χ3n) is 2.44. The van der Waals surface area contributed by atoms with Crippen molar-refractivity contribution in [1.29, 1.82) is 0 Å². The Morgan fingerprint density at radius 2 is 1.82 bits per heavy atom. The predicted molar refractivity (Wildman–Crippen MR) is 64.1 cm³/mol. The number of ether oxygens (including phenoxy) is 1. The van der Waals surface area contributed by atoms with Crippen LogP contribution >= 0.6 is 0 Å². The minimum absolute atomic E-state index is 0.0195. The number of nitrogens with one attached hydrogen (secondary N) is 1. The van der Waals surface area contributed by atoms with E-state index in [4.69, 9.17) is 4.74 Å². The minimum atomic E-state index is -0.576. The van der Waals surface area contributed by atoms with Crippen molar-refractivity contribution in [2.45, 2.75) is 19.1 Å². The highest BCUT2D eigenvalue weighted by atomic mass is 16.5. The Hall–Kier alpha value is -1.30. The molecule has 0 aromatic heterocycles. The van der Waals surface area contributed by atoms with Gasteiger partial charge in [-0.05, 0) is 24.6 Å². The molecule has 0 saturated heterocycles. The maximum absolute atomic E-state index is 9.47. The van der Waals surface area contributed by atoms with Crippen molar-refractivity contribution in [2.75, 3.05) is 20.3 Å². The lowest BCUT2D eigenvalue weighted by Crippen LogP contribution is -2.31. The van der Waals surface area contributed by atoms with Gasteiger partial charge in [0, 0.05) is 25.8 Å². The van der Waals surface area contributed by atoms with E-state index in [9.17, 15) is 15.3 Å². The highest BCUT2D eigenvalue weighted by molar-refractivity contribution is 5.37. The Morgan fingerprint density at radius 3 is 2.35 bits per heavy atom. The van der Waals surface area contributed by atoms with E-state index in [-0.39, 0.29) is 24.1 Å². The maximum Gasteiger partial charge on any atom is 0.119 e. The van der Waals surface area contributed by atoms with Crippen molar-refractivity contribution in [3.8, 4) is 11.5 Å². The molecule has 0 radical (unpaired) electrons. The van der Waals surface area contributed by atoms with Gasteiger partial charge in [-0.15, -0.1) is 0 Å². The van der Waals surface area contributed by atoms with Gasteiger partial charge in [0.2, 0.25) is 0 Å². The van der Waals surface area contributed by atoms with E-state index in [0.717, 1.165) is 5.56 Å². The lowest BCUT2D eigenvalue weighted by atomic mass is 10.1. The molecule has 96 valence electrons. The summed E-state index contributed by atoms with van der Waals surface area (Å²) in [5.41, 5.74) is 0.757. The van der Waals surface area contributed by atoms with Crippen LogP contribution in [0.25, 0.3) is 0 Å². The number of phenols is 2. The van der Waals surface area contributed by atoms with Crippen molar-refractivity contribution in [3.05, 3.63) is 23.8 Å². The second kappa shape index (κ2) is 6.44. The highest BCUT2D eigenvalue weighted by Gasteiger charge is 2.10. The van der Waals surface area contributed by atoms with Gasteiger partial charge < -0.3 is 25.4 Å². The van der Waals surface area contributed by atoms with E-state index < -0.39 is 6.10 Å². The number of methoxy groups -OCH3 is 1. The molecule has 0 bridgehead atoms. The minimum Gasteiger partial charge on any atom is -0.508 e. The molecule has 0 heterocycles. The summed E-state index contributed by atoms with van der Waals surface area (Å²) < 4.78 is 4.81. The summed E-state index contributed by atoms with van der Waals surface area (Å²) >= 11 is 0. The van der Waals surface area contributed by atoms with Crippen molar-refractivity contribution in [2.24, 2.45) is 0 Å². The molecule has 4 N–H and O–H groups in total. The molecule has 2 unspecified atom stereocenters. The zero-order valence-corrected chi connectivity index (χ0v) is 10.1. The second-order valence-electron chi connectivity index (χ2n) is 4.02. The fraction of sp³-hybridized carbons (Fsp3) is 0.500. The molecule has 0 saturated carbocycles. The first-order valence-electron chi connectivity index (χ1n) is 5.46. The summed E-state index contributed by atoms with van der Waals surface area (Å²) in [7, 11) is 1.53. The third-order valence-corrected chi connectivity index (χ3v) is 2.44. The molecule has 0 spiro atoms. The Morgan fingerprint density at radius 1 is 1.24 bits per heavy atom. The quantitative estimate of drug-likeness (QED) is 0.591. The van der Waals surface area contributed by atoms with Crippen LogP contribution in [0.5, 0.6) is 11.5 Å². The molecule has 0 aliphatic heterocycles. The van der Waals surface area contributed by atoms with E-state index >= 15 is 0 Å². The van der Waals surface area contributed by atoms with Gasteiger partial charge in [-0.1, -0.05) is 0 Å². The van der Waals surface area contributed by atoms with Gasteiger partial charge in [0.05, 0.1) is 12.7 Å². The van der Waals surface area contributed by atoms with Crippen LogP contribution in [-0.4, -0.2) is 41.7 Å². The number of aliphatic hydroxyl groups is 1. The molecule has 5 heteroatoms. The van der Waals surface area contributed by atoms with Crippen molar-refractivity contribution < 1.29 is 20.1 Å². The average Bonchev–Trinajstić information content (AvgIpc) is 2.25. The fourth-order valence-electron chi connectivity index (χ4n) is 1.55. The van der Waals surface area contributed by atoms with Gasteiger partial charge in [-0.3, -0.25) is 0 Å². The van der Waals surface area contributed by atoms with Gasteiger partial charge in [0.1, 0.15) is 11.5 Å². The number of aromatic hydroxyl groups is 2. The Balaban J connectivity index is 2.54. The number of rotatable bonds is 6. The zero-order chi connectivity index (χ0) is 12.8. The van der Waals surface area contributed by atoms with E-state index in [1.54, 1.807) is 12.1 Å². The molecule has 1 aromatic carbocycles. The second-order valence-corrected chi connectivity index (χ2v) is 4.02. The number of phenolic OH excluding ortho intramolecular Hbond substituents is 2. The van der Waals surface area contributed by atoms with Crippen LogP contribution in [0, 0.1) is 0 Å². The highest BCUT2D eigenvalue weighted by Crippen LogP contribution is 2.24. The standard InChI is InChI=1S/C12H19NO4/c1-8(13-6-12(16)7-17-2)9-3-10(14)5-11(15)4-9/h3-5,8,12-16H,6-7H2,1-2H3. The van der Waals surface area contributed by atoms with Crippen LogP contribution in [0.1, 0.15) is 18.5 Å². The first-order valence-corrected chi connectivity index (χ1v) is 5.46. The molecule has 5 nitrogen and oxygen atoms in total. The molecular weight excluding hydrogens is 222 g/mol. The number of benzene rings is 1. The van der Waals surface area contributed by atoms with Crippen LogP contribution in [0.4, 0.5) is 0 Å². The van der Waals surface area contributed by atoms with E-state index in [1.165, 1.54) is 13.2 Å². The number of aliphatic hydroxyl groups excluding tert-OH is 1. The maximum atomic E-state index is 9.47.